The second kappa shape index (κ2) is 7.94. The summed E-state index contributed by atoms with van der Waals surface area (Å²) in [5, 5.41) is 13.0. The molecule has 1 aliphatic heterocycles. The fourth-order valence-electron chi connectivity index (χ4n) is 2.51. The highest BCUT2D eigenvalue weighted by atomic mass is 32.1. The predicted molar refractivity (Wildman–Crippen MR) is 98.9 cm³/mol. The number of thiocarbonyl (C=S) groups is 1. The van der Waals surface area contributed by atoms with Crippen LogP contribution < -0.4 is 5.43 Å². The van der Waals surface area contributed by atoms with E-state index in [-0.39, 0.29) is 0 Å². The quantitative estimate of drug-likeness (QED) is 0.517. The number of nitrogens with one attached hydrogen (secondary N) is 1. The van der Waals surface area contributed by atoms with E-state index in [1.807, 2.05) is 36.4 Å². The van der Waals surface area contributed by atoms with Gasteiger partial charge >= 0.3 is 0 Å². The van der Waals surface area contributed by atoms with E-state index in [1.54, 1.807) is 12.4 Å². The molecule has 0 amide bonds. The number of hydrogen-bond acceptors (Lipinski definition) is 5. The van der Waals surface area contributed by atoms with E-state index in [0.29, 0.717) is 5.11 Å². The van der Waals surface area contributed by atoms with Crippen LogP contribution in [0.15, 0.2) is 53.9 Å². The zero-order chi connectivity index (χ0) is 16.8. The maximum atomic E-state index is 5.49. The molecule has 2 heterocycles. The first-order valence-electron chi connectivity index (χ1n) is 7.87. The standard InChI is InChI=1S/C17H20N6S/c1-22-9-11-23(12-10-22)17(24)21-20-16(14-5-3-2-4-6-14)15-7-8-18-19-13-15/h2-8,13H,9-12H2,1H3,(H,21,24)/b20-16-. The van der Waals surface area contributed by atoms with Gasteiger partial charge in [0, 0.05) is 37.3 Å². The van der Waals surface area contributed by atoms with E-state index in [2.05, 4.69) is 37.6 Å². The largest absolute Gasteiger partial charge is 0.345 e. The third kappa shape index (κ3) is 4.12. The van der Waals surface area contributed by atoms with Crippen molar-refractivity contribution in [3.8, 4) is 0 Å². The van der Waals surface area contributed by atoms with E-state index in [9.17, 15) is 0 Å². The first-order valence-corrected chi connectivity index (χ1v) is 8.28. The van der Waals surface area contributed by atoms with Crippen LogP contribution in [0.1, 0.15) is 11.1 Å². The van der Waals surface area contributed by atoms with Crippen LogP contribution in [-0.4, -0.2) is 64.0 Å². The Morgan fingerprint density at radius 1 is 1.04 bits per heavy atom. The highest BCUT2D eigenvalue weighted by Gasteiger charge is 2.16. The lowest BCUT2D eigenvalue weighted by Crippen LogP contribution is -2.49. The Morgan fingerprint density at radius 2 is 1.79 bits per heavy atom. The van der Waals surface area contributed by atoms with Gasteiger partial charge in [0.2, 0.25) is 0 Å². The third-order valence-electron chi connectivity index (χ3n) is 3.96. The van der Waals surface area contributed by atoms with Crippen LogP contribution >= 0.6 is 12.2 Å². The molecule has 1 fully saturated rings. The number of likely N-dealkylation sites (N-methyl/N-ethyl adjacent to an activating group) is 1. The van der Waals surface area contributed by atoms with Crippen molar-refractivity contribution in [1.29, 1.82) is 0 Å². The third-order valence-corrected chi connectivity index (χ3v) is 4.31. The Kier molecular flexibility index (Phi) is 5.45. The van der Waals surface area contributed by atoms with Crippen molar-refractivity contribution in [2.24, 2.45) is 5.10 Å². The first-order chi connectivity index (χ1) is 11.7. The van der Waals surface area contributed by atoms with Crippen molar-refractivity contribution >= 4 is 23.0 Å². The summed E-state index contributed by atoms with van der Waals surface area (Å²) < 4.78 is 0. The lowest BCUT2D eigenvalue weighted by atomic mass is 10.1. The minimum atomic E-state index is 0.651. The van der Waals surface area contributed by atoms with Gasteiger partial charge in [0.05, 0.1) is 18.1 Å². The van der Waals surface area contributed by atoms with Crippen LogP contribution in [0.25, 0.3) is 0 Å². The highest BCUT2D eigenvalue weighted by molar-refractivity contribution is 7.80. The topological polar surface area (TPSA) is 56.6 Å². The summed E-state index contributed by atoms with van der Waals surface area (Å²) in [4.78, 5) is 4.44. The molecular weight excluding hydrogens is 320 g/mol. The number of aromatic nitrogens is 2. The molecule has 0 bridgehead atoms. The van der Waals surface area contributed by atoms with Gasteiger partial charge in [-0.15, -0.1) is 0 Å². The van der Waals surface area contributed by atoms with E-state index < -0.39 is 0 Å². The molecule has 1 aliphatic rings. The number of rotatable bonds is 3. The zero-order valence-corrected chi connectivity index (χ0v) is 14.4. The molecule has 0 saturated carbocycles. The number of hydrazone groups is 1. The van der Waals surface area contributed by atoms with Crippen molar-refractivity contribution < 1.29 is 0 Å². The molecule has 6 nitrogen and oxygen atoms in total. The SMILES string of the molecule is CN1CCN(C(=S)N/N=C(/c2ccccc2)c2ccnnc2)CC1. The summed E-state index contributed by atoms with van der Waals surface area (Å²) in [5.74, 6) is 0. The molecule has 124 valence electrons. The maximum Gasteiger partial charge on any atom is 0.189 e. The average molecular weight is 340 g/mol. The lowest BCUT2D eigenvalue weighted by molar-refractivity contribution is 0.214. The minimum Gasteiger partial charge on any atom is -0.345 e. The second-order valence-corrected chi connectivity index (χ2v) is 6.05. The zero-order valence-electron chi connectivity index (χ0n) is 13.6. The van der Waals surface area contributed by atoms with Gasteiger partial charge in [0.1, 0.15) is 0 Å². The summed E-state index contributed by atoms with van der Waals surface area (Å²) in [6, 6.07) is 11.9. The first kappa shape index (κ1) is 16.5. The van der Waals surface area contributed by atoms with Crippen LogP contribution in [0.4, 0.5) is 0 Å². The minimum absolute atomic E-state index is 0.651. The number of benzene rings is 1. The fraction of sp³-hybridized carbons (Fsp3) is 0.294. The summed E-state index contributed by atoms with van der Waals surface area (Å²) in [6.07, 6.45) is 3.36. The molecule has 1 aromatic heterocycles. The molecule has 2 aromatic rings. The van der Waals surface area contributed by atoms with Crippen LogP contribution in [0, 0.1) is 0 Å². The van der Waals surface area contributed by atoms with Gasteiger partial charge in [-0.05, 0) is 25.3 Å². The van der Waals surface area contributed by atoms with Gasteiger partial charge in [0.15, 0.2) is 5.11 Å². The van der Waals surface area contributed by atoms with Gasteiger partial charge in [-0.2, -0.15) is 15.3 Å². The summed E-state index contributed by atoms with van der Waals surface area (Å²) >= 11 is 5.49. The van der Waals surface area contributed by atoms with Crippen molar-refractivity contribution in [2.45, 2.75) is 0 Å². The number of nitrogens with zero attached hydrogens (tertiary/aromatic N) is 5. The molecule has 0 atom stereocenters. The van der Waals surface area contributed by atoms with Gasteiger partial charge < -0.3 is 9.80 Å². The molecule has 1 N–H and O–H groups in total. The molecule has 0 unspecified atom stereocenters. The lowest BCUT2D eigenvalue weighted by Gasteiger charge is -2.33. The average Bonchev–Trinajstić information content (AvgIpc) is 2.64. The molecule has 24 heavy (non-hydrogen) atoms. The molecule has 0 radical (unpaired) electrons. The van der Waals surface area contributed by atoms with Gasteiger partial charge in [-0.3, -0.25) is 5.43 Å². The monoisotopic (exact) mass is 340 g/mol. The highest BCUT2D eigenvalue weighted by Crippen LogP contribution is 2.09. The fourth-order valence-corrected chi connectivity index (χ4v) is 2.73. The van der Waals surface area contributed by atoms with Gasteiger partial charge in [0.25, 0.3) is 0 Å². The smallest absolute Gasteiger partial charge is 0.189 e. The Labute approximate surface area is 147 Å². The Hall–Kier alpha value is -2.38. The molecule has 1 saturated heterocycles. The van der Waals surface area contributed by atoms with Crippen LogP contribution in [0.3, 0.4) is 0 Å². The maximum absolute atomic E-state index is 5.49. The van der Waals surface area contributed by atoms with E-state index in [4.69, 9.17) is 12.2 Å². The molecular formula is C17H20N6S. The molecule has 7 heteroatoms. The van der Waals surface area contributed by atoms with Crippen molar-refractivity contribution in [3.63, 3.8) is 0 Å². The van der Waals surface area contributed by atoms with Crippen LogP contribution in [0.5, 0.6) is 0 Å². The molecule has 0 aliphatic carbocycles. The molecule has 0 spiro atoms. The van der Waals surface area contributed by atoms with Crippen LogP contribution in [-0.2, 0) is 0 Å². The summed E-state index contributed by atoms with van der Waals surface area (Å²) in [6.45, 7) is 3.83. The Balaban J connectivity index is 1.78. The van der Waals surface area contributed by atoms with Crippen molar-refractivity contribution in [1.82, 2.24) is 25.4 Å². The van der Waals surface area contributed by atoms with E-state index in [1.165, 1.54) is 0 Å². The van der Waals surface area contributed by atoms with Crippen molar-refractivity contribution in [3.05, 3.63) is 59.9 Å². The second-order valence-electron chi connectivity index (χ2n) is 5.66. The van der Waals surface area contributed by atoms with Crippen molar-refractivity contribution in [2.75, 3.05) is 33.2 Å². The van der Waals surface area contributed by atoms with E-state index in [0.717, 1.165) is 43.0 Å². The number of piperazine rings is 1. The van der Waals surface area contributed by atoms with Gasteiger partial charge in [-0.25, -0.2) is 0 Å². The van der Waals surface area contributed by atoms with E-state index >= 15 is 0 Å². The van der Waals surface area contributed by atoms with Gasteiger partial charge in [-0.1, -0.05) is 30.3 Å². The summed E-state index contributed by atoms with van der Waals surface area (Å²) in [7, 11) is 2.12. The number of hydrogen-bond donors (Lipinski definition) is 1. The normalized spacial score (nSPS) is 16.0. The Bertz CT molecular complexity index is 654. The Morgan fingerprint density at radius 3 is 2.46 bits per heavy atom. The molecule has 1 aromatic carbocycles. The van der Waals surface area contributed by atoms with Crippen LogP contribution in [0.2, 0.25) is 0 Å². The predicted octanol–water partition coefficient (Wildman–Crippen LogP) is 1.35. The summed E-state index contributed by atoms with van der Waals surface area (Å²) in [5.41, 5.74) is 5.73. The molecule has 3 rings (SSSR count).